The van der Waals surface area contributed by atoms with Gasteiger partial charge in [-0.15, -0.1) is 0 Å². The lowest BCUT2D eigenvalue weighted by atomic mass is 9.78. The Morgan fingerprint density at radius 3 is 2.17 bits per heavy atom. The summed E-state index contributed by atoms with van der Waals surface area (Å²) in [6, 6.07) is 20.5. The van der Waals surface area contributed by atoms with Gasteiger partial charge >= 0.3 is 12.1 Å². The molecule has 1 aliphatic rings. The standard InChI is InChI=1S/C31H43NO4/c1-23-27(22-21-25-15-9-6-10-16-25)26(18-11-17-24-13-7-5-8-14-24)19-12-20-28(29(33)35-23)32-30(34)36-31(2,3)4/h5-10,13-16,23,26-28H,11-12,17-22H2,1-4H3,(H,32,34)/t23-,26-,27-,28-/m0/s1. The molecule has 4 atom stereocenters. The molecule has 0 aromatic heterocycles. The van der Waals surface area contributed by atoms with Crippen LogP contribution in [0, 0.1) is 11.8 Å². The van der Waals surface area contributed by atoms with Crippen LogP contribution in [0.1, 0.15) is 77.3 Å². The van der Waals surface area contributed by atoms with Crippen LogP contribution >= 0.6 is 0 Å². The van der Waals surface area contributed by atoms with Crippen molar-refractivity contribution in [3.8, 4) is 0 Å². The number of alkyl carbamates (subject to hydrolysis) is 1. The molecule has 0 saturated carbocycles. The zero-order valence-corrected chi connectivity index (χ0v) is 22.4. The lowest BCUT2D eigenvalue weighted by molar-refractivity contribution is -0.154. The number of hydrogen-bond donors (Lipinski definition) is 1. The van der Waals surface area contributed by atoms with Crippen molar-refractivity contribution < 1.29 is 19.1 Å². The highest BCUT2D eigenvalue weighted by Gasteiger charge is 2.34. The lowest BCUT2D eigenvalue weighted by Crippen LogP contribution is -2.45. The maximum absolute atomic E-state index is 13.1. The van der Waals surface area contributed by atoms with Crippen LogP contribution in [0.2, 0.25) is 0 Å². The predicted octanol–water partition coefficient (Wildman–Crippen LogP) is 6.88. The van der Waals surface area contributed by atoms with Crippen LogP contribution in [0.15, 0.2) is 60.7 Å². The Morgan fingerprint density at radius 2 is 1.56 bits per heavy atom. The van der Waals surface area contributed by atoms with Gasteiger partial charge in [-0.3, -0.25) is 0 Å². The largest absolute Gasteiger partial charge is 0.461 e. The second-order valence-corrected chi connectivity index (χ2v) is 11.1. The maximum atomic E-state index is 13.1. The number of ether oxygens (including phenoxy) is 2. The SMILES string of the molecule is C[C@@H]1OC(=O)[C@@H](NC(=O)OC(C)(C)C)CCC[C@H](CCCc2ccccc2)[C@H]1CCc1ccccc1. The second kappa shape index (κ2) is 13.5. The zero-order chi connectivity index (χ0) is 26.0. The number of aryl methyl sites for hydroxylation is 2. The van der Waals surface area contributed by atoms with Crippen molar-refractivity contribution in [1.82, 2.24) is 5.32 Å². The van der Waals surface area contributed by atoms with Gasteiger partial charge in [0.25, 0.3) is 0 Å². The molecule has 3 rings (SSSR count). The van der Waals surface area contributed by atoms with Crippen molar-refractivity contribution in [2.24, 2.45) is 11.8 Å². The van der Waals surface area contributed by atoms with Crippen molar-refractivity contribution >= 4 is 12.1 Å². The third-order valence-electron chi connectivity index (χ3n) is 7.05. The number of nitrogens with one attached hydrogen (secondary N) is 1. The van der Waals surface area contributed by atoms with Crippen molar-refractivity contribution in [3.63, 3.8) is 0 Å². The second-order valence-electron chi connectivity index (χ2n) is 11.1. The van der Waals surface area contributed by atoms with Gasteiger partial charge in [-0.1, -0.05) is 67.1 Å². The van der Waals surface area contributed by atoms with E-state index in [-0.39, 0.29) is 18.0 Å². The van der Waals surface area contributed by atoms with Crippen molar-refractivity contribution in [2.75, 3.05) is 0 Å². The monoisotopic (exact) mass is 493 g/mol. The number of amides is 1. The first-order chi connectivity index (χ1) is 17.2. The van der Waals surface area contributed by atoms with E-state index in [4.69, 9.17) is 9.47 Å². The van der Waals surface area contributed by atoms with E-state index < -0.39 is 17.7 Å². The van der Waals surface area contributed by atoms with Crippen LogP contribution in [-0.4, -0.2) is 29.8 Å². The third-order valence-corrected chi connectivity index (χ3v) is 7.05. The smallest absolute Gasteiger partial charge is 0.408 e. The summed E-state index contributed by atoms with van der Waals surface area (Å²) >= 11 is 0. The molecule has 5 heteroatoms. The van der Waals surface area contributed by atoms with E-state index in [0.717, 1.165) is 44.9 Å². The Kier molecular flexibility index (Phi) is 10.4. The molecular weight excluding hydrogens is 450 g/mol. The first-order valence-corrected chi connectivity index (χ1v) is 13.5. The molecule has 1 saturated heterocycles. The summed E-state index contributed by atoms with van der Waals surface area (Å²) in [5.41, 5.74) is 2.05. The van der Waals surface area contributed by atoms with Gasteiger partial charge in [0.05, 0.1) is 0 Å². The Bertz CT molecular complexity index is 938. The minimum atomic E-state index is -0.680. The van der Waals surface area contributed by atoms with E-state index in [0.29, 0.717) is 12.3 Å². The number of esters is 1. The van der Waals surface area contributed by atoms with E-state index in [1.807, 2.05) is 33.8 Å². The molecule has 1 fully saturated rings. The molecule has 1 N–H and O–H groups in total. The van der Waals surface area contributed by atoms with Gasteiger partial charge in [0.15, 0.2) is 0 Å². The van der Waals surface area contributed by atoms with E-state index >= 15 is 0 Å². The fourth-order valence-electron chi connectivity index (χ4n) is 5.25. The average molecular weight is 494 g/mol. The molecular formula is C31H43NO4. The zero-order valence-electron chi connectivity index (χ0n) is 22.4. The number of cyclic esters (lactones) is 1. The van der Waals surface area contributed by atoms with Crippen LogP contribution in [0.4, 0.5) is 4.79 Å². The Labute approximate surface area is 217 Å². The summed E-state index contributed by atoms with van der Waals surface area (Å²) in [6.07, 6.45) is 6.84. The Hall–Kier alpha value is -2.82. The predicted molar refractivity (Wildman–Crippen MR) is 144 cm³/mol. The van der Waals surface area contributed by atoms with Crippen molar-refractivity contribution in [1.29, 1.82) is 0 Å². The molecule has 2 aromatic rings. The summed E-state index contributed by atoms with van der Waals surface area (Å²) in [7, 11) is 0. The van der Waals surface area contributed by atoms with Gasteiger partial charge in [-0.05, 0) is 95.6 Å². The number of carbonyl (C=O) groups is 2. The van der Waals surface area contributed by atoms with E-state index in [1.165, 1.54) is 11.1 Å². The van der Waals surface area contributed by atoms with Gasteiger partial charge < -0.3 is 14.8 Å². The number of hydrogen-bond acceptors (Lipinski definition) is 4. The van der Waals surface area contributed by atoms with E-state index in [2.05, 4.69) is 59.9 Å². The van der Waals surface area contributed by atoms with Gasteiger partial charge in [-0.2, -0.15) is 0 Å². The van der Waals surface area contributed by atoms with E-state index in [1.54, 1.807) is 0 Å². The molecule has 2 aromatic carbocycles. The number of rotatable bonds is 8. The average Bonchev–Trinajstić information content (AvgIpc) is 2.87. The van der Waals surface area contributed by atoms with Crippen molar-refractivity contribution in [3.05, 3.63) is 71.8 Å². The summed E-state index contributed by atoms with van der Waals surface area (Å²) in [6.45, 7) is 7.46. The van der Waals surface area contributed by atoms with Crippen LogP contribution in [0.25, 0.3) is 0 Å². The molecule has 0 bridgehead atoms. The summed E-state index contributed by atoms with van der Waals surface area (Å²) in [5, 5.41) is 2.76. The molecule has 36 heavy (non-hydrogen) atoms. The van der Waals surface area contributed by atoms with Crippen LogP contribution in [0.3, 0.4) is 0 Å². The molecule has 1 aliphatic heterocycles. The first kappa shape index (κ1) is 27.8. The molecule has 0 aliphatic carbocycles. The molecule has 196 valence electrons. The first-order valence-electron chi connectivity index (χ1n) is 13.5. The fourth-order valence-corrected chi connectivity index (χ4v) is 5.25. The molecule has 1 amide bonds. The van der Waals surface area contributed by atoms with Gasteiger partial charge in [0, 0.05) is 0 Å². The van der Waals surface area contributed by atoms with Crippen LogP contribution < -0.4 is 5.32 Å². The normalized spacial score (nSPS) is 23.1. The Balaban J connectivity index is 1.69. The highest BCUT2D eigenvalue weighted by molar-refractivity contribution is 5.81. The third kappa shape index (κ3) is 9.33. The van der Waals surface area contributed by atoms with Crippen LogP contribution in [0.5, 0.6) is 0 Å². The quantitative estimate of drug-likeness (QED) is 0.407. The van der Waals surface area contributed by atoms with Crippen molar-refractivity contribution in [2.45, 2.75) is 96.8 Å². The highest BCUT2D eigenvalue weighted by Crippen LogP contribution is 2.34. The highest BCUT2D eigenvalue weighted by atomic mass is 16.6. The molecule has 0 unspecified atom stereocenters. The summed E-state index contributed by atoms with van der Waals surface area (Å²) in [5.74, 6) is 0.369. The molecule has 5 nitrogen and oxygen atoms in total. The topological polar surface area (TPSA) is 64.6 Å². The molecule has 0 spiro atoms. The minimum Gasteiger partial charge on any atom is -0.461 e. The summed E-state index contributed by atoms with van der Waals surface area (Å²) < 4.78 is 11.4. The fraction of sp³-hybridized carbons (Fsp3) is 0.548. The van der Waals surface area contributed by atoms with Gasteiger partial charge in [-0.25, -0.2) is 9.59 Å². The van der Waals surface area contributed by atoms with Gasteiger partial charge in [0.2, 0.25) is 0 Å². The lowest BCUT2D eigenvalue weighted by Gasteiger charge is -2.31. The van der Waals surface area contributed by atoms with Gasteiger partial charge in [0.1, 0.15) is 17.7 Å². The van der Waals surface area contributed by atoms with E-state index in [9.17, 15) is 9.59 Å². The number of benzene rings is 2. The molecule has 1 heterocycles. The van der Waals surface area contributed by atoms with Crippen LogP contribution in [-0.2, 0) is 27.1 Å². The summed E-state index contributed by atoms with van der Waals surface area (Å²) in [4.78, 5) is 25.4. The Morgan fingerprint density at radius 1 is 0.944 bits per heavy atom. The minimum absolute atomic E-state index is 0.219. The molecule has 0 radical (unpaired) electrons. The maximum Gasteiger partial charge on any atom is 0.408 e. The number of carbonyl (C=O) groups excluding carboxylic acids is 2.